The summed E-state index contributed by atoms with van der Waals surface area (Å²) in [6.45, 7) is 7.76. The maximum absolute atomic E-state index is 13.0. The van der Waals surface area contributed by atoms with Gasteiger partial charge < -0.3 is 15.3 Å². The third-order valence-corrected chi connectivity index (χ3v) is 6.15. The smallest absolute Gasteiger partial charge is 0.287 e. The molecule has 186 valence electrons. The highest BCUT2D eigenvalue weighted by Crippen LogP contribution is 2.23. The molecule has 0 aliphatic carbocycles. The molecule has 7 nitrogen and oxygen atoms in total. The molecule has 0 aliphatic heterocycles. The zero-order valence-corrected chi connectivity index (χ0v) is 22.6. The Bertz CT molecular complexity index is 1270. The number of hydrogen-bond donors (Lipinski definition) is 3. The minimum Gasteiger partial charge on any atom is -0.507 e. The van der Waals surface area contributed by atoms with Crippen molar-refractivity contribution in [3.63, 3.8) is 0 Å². The molecule has 36 heavy (non-hydrogen) atoms. The molecule has 0 radical (unpaired) electrons. The molecule has 0 aliphatic rings. The summed E-state index contributed by atoms with van der Waals surface area (Å²) in [4.78, 5) is 28.0. The van der Waals surface area contributed by atoms with Crippen LogP contribution in [0.15, 0.2) is 77.5 Å². The first kappa shape index (κ1) is 26.9. The van der Waals surface area contributed by atoms with E-state index in [1.165, 1.54) is 6.21 Å². The lowest BCUT2D eigenvalue weighted by atomic mass is 10.1. The van der Waals surface area contributed by atoms with E-state index in [4.69, 9.17) is 0 Å². The summed E-state index contributed by atoms with van der Waals surface area (Å²) < 4.78 is 0.930. The van der Waals surface area contributed by atoms with Gasteiger partial charge in [-0.15, -0.1) is 0 Å². The number of nitrogens with one attached hydrogen (secondary N) is 2. The normalized spacial score (nSPS) is 11.4. The van der Waals surface area contributed by atoms with Gasteiger partial charge in [-0.05, 0) is 97.0 Å². The van der Waals surface area contributed by atoms with Gasteiger partial charge in [0, 0.05) is 33.5 Å². The Balaban J connectivity index is 1.85. The number of carbonyl (C=O) groups excluding carboxylic acids is 2. The standard InChI is InChI=1S/C28H29IN4O3/c1-4-33(5-2)24-13-11-20(12-14-24)16-25(31-27(35)21-9-7-6-8-10-21)28(36)32-30-18-22-17-23(29)15-19(3)26(22)34/h6-18,34H,4-5H2,1-3H3,(H,31,35)(H,32,36)/b25-16-,30-18?. The summed E-state index contributed by atoms with van der Waals surface area (Å²) in [5.74, 6) is -0.910. The third-order valence-electron chi connectivity index (χ3n) is 5.53. The number of hydrogen-bond acceptors (Lipinski definition) is 5. The lowest BCUT2D eigenvalue weighted by molar-refractivity contribution is -0.117. The average molecular weight is 596 g/mol. The number of nitrogens with zero attached hydrogens (tertiary/aromatic N) is 2. The number of anilines is 1. The van der Waals surface area contributed by atoms with Crippen LogP contribution in [0, 0.1) is 10.5 Å². The van der Waals surface area contributed by atoms with Gasteiger partial charge in [0.05, 0.1) is 6.21 Å². The van der Waals surface area contributed by atoms with Crippen molar-refractivity contribution < 1.29 is 14.7 Å². The van der Waals surface area contributed by atoms with E-state index in [0.717, 1.165) is 27.9 Å². The molecule has 0 fully saturated rings. The summed E-state index contributed by atoms with van der Waals surface area (Å²) in [5.41, 5.74) is 5.93. The van der Waals surface area contributed by atoms with E-state index < -0.39 is 11.8 Å². The lowest BCUT2D eigenvalue weighted by Gasteiger charge is -2.21. The van der Waals surface area contributed by atoms with Crippen LogP contribution in [0.25, 0.3) is 6.08 Å². The molecule has 0 aromatic heterocycles. The summed E-state index contributed by atoms with van der Waals surface area (Å²) in [7, 11) is 0. The number of aromatic hydroxyl groups is 1. The van der Waals surface area contributed by atoms with E-state index in [-0.39, 0.29) is 11.4 Å². The molecule has 3 N–H and O–H groups in total. The number of hydrazone groups is 1. The molecular weight excluding hydrogens is 567 g/mol. The molecule has 0 atom stereocenters. The molecule has 0 spiro atoms. The Labute approximate surface area is 225 Å². The van der Waals surface area contributed by atoms with Crippen LogP contribution in [0.4, 0.5) is 5.69 Å². The Hall–Kier alpha value is -3.66. The minimum absolute atomic E-state index is 0.0413. The molecule has 0 unspecified atom stereocenters. The quantitative estimate of drug-likeness (QED) is 0.139. The van der Waals surface area contributed by atoms with Crippen molar-refractivity contribution in [2.24, 2.45) is 5.10 Å². The minimum atomic E-state index is -0.592. The Kier molecular flexibility index (Phi) is 9.63. The number of amides is 2. The summed E-state index contributed by atoms with van der Waals surface area (Å²) >= 11 is 2.15. The van der Waals surface area contributed by atoms with Crippen LogP contribution in [0.3, 0.4) is 0 Å². The SMILES string of the molecule is CCN(CC)c1ccc(/C=C(\NC(=O)c2ccccc2)C(=O)NN=Cc2cc(I)cc(C)c2O)cc1. The Morgan fingerprint density at radius 3 is 2.33 bits per heavy atom. The van der Waals surface area contributed by atoms with Crippen LogP contribution in [0.1, 0.15) is 40.9 Å². The molecule has 0 saturated carbocycles. The number of phenolic OH excluding ortho intramolecular Hbond substituents is 1. The molecule has 3 aromatic rings. The van der Waals surface area contributed by atoms with Crippen LogP contribution < -0.4 is 15.6 Å². The monoisotopic (exact) mass is 596 g/mol. The number of aryl methyl sites for hydroxylation is 1. The fraction of sp³-hybridized carbons (Fsp3) is 0.179. The van der Waals surface area contributed by atoms with Crippen LogP contribution in [0.2, 0.25) is 0 Å². The van der Waals surface area contributed by atoms with E-state index >= 15 is 0 Å². The summed E-state index contributed by atoms with van der Waals surface area (Å²) in [6, 6.07) is 20.0. The second-order valence-electron chi connectivity index (χ2n) is 8.00. The van der Waals surface area contributed by atoms with E-state index in [1.807, 2.05) is 36.4 Å². The number of benzene rings is 3. The van der Waals surface area contributed by atoms with Crippen LogP contribution in [0.5, 0.6) is 5.75 Å². The fourth-order valence-corrected chi connectivity index (χ4v) is 4.36. The van der Waals surface area contributed by atoms with Gasteiger partial charge in [0.2, 0.25) is 0 Å². The first-order chi connectivity index (χ1) is 17.3. The second kappa shape index (κ2) is 12.9. The predicted octanol–water partition coefficient (Wildman–Crippen LogP) is 5.07. The highest BCUT2D eigenvalue weighted by molar-refractivity contribution is 14.1. The van der Waals surface area contributed by atoms with Gasteiger partial charge in [0.25, 0.3) is 11.8 Å². The van der Waals surface area contributed by atoms with E-state index in [1.54, 1.807) is 43.3 Å². The van der Waals surface area contributed by atoms with Crippen molar-refractivity contribution in [3.8, 4) is 5.75 Å². The van der Waals surface area contributed by atoms with Crippen LogP contribution in [-0.4, -0.2) is 36.2 Å². The number of carbonyl (C=O) groups is 2. The maximum Gasteiger partial charge on any atom is 0.287 e. The van der Waals surface area contributed by atoms with E-state index in [0.29, 0.717) is 16.7 Å². The van der Waals surface area contributed by atoms with Crippen molar-refractivity contribution in [2.45, 2.75) is 20.8 Å². The van der Waals surface area contributed by atoms with Gasteiger partial charge in [0.1, 0.15) is 11.4 Å². The van der Waals surface area contributed by atoms with E-state index in [9.17, 15) is 14.7 Å². The van der Waals surface area contributed by atoms with Crippen molar-refractivity contribution >= 4 is 52.4 Å². The number of phenols is 1. The van der Waals surface area contributed by atoms with Crippen molar-refractivity contribution in [3.05, 3.63) is 98.3 Å². The van der Waals surface area contributed by atoms with Gasteiger partial charge in [-0.3, -0.25) is 9.59 Å². The summed E-state index contributed by atoms with van der Waals surface area (Å²) in [6.07, 6.45) is 2.97. The van der Waals surface area contributed by atoms with Crippen LogP contribution in [-0.2, 0) is 4.79 Å². The van der Waals surface area contributed by atoms with Crippen molar-refractivity contribution in [1.29, 1.82) is 0 Å². The molecular formula is C28H29IN4O3. The number of halogens is 1. The van der Waals surface area contributed by atoms with Gasteiger partial charge in [-0.2, -0.15) is 5.10 Å². The van der Waals surface area contributed by atoms with Crippen molar-refractivity contribution in [1.82, 2.24) is 10.7 Å². The summed E-state index contributed by atoms with van der Waals surface area (Å²) in [5, 5.41) is 16.9. The first-order valence-corrected chi connectivity index (χ1v) is 12.7. The zero-order chi connectivity index (χ0) is 26.1. The Morgan fingerprint density at radius 1 is 1.03 bits per heavy atom. The van der Waals surface area contributed by atoms with E-state index in [2.05, 4.69) is 57.2 Å². The molecule has 2 amide bonds. The average Bonchev–Trinajstić information content (AvgIpc) is 2.88. The largest absolute Gasteiger partial charge is 0.507 e. The first-order valence-electron chi connectivity index (χ1n) is 11.6. The van der Waals surface area contributed by atoms with Gasteiger partial charge in [0.15, 0.2) is 0 Å². The molecule has 0 saturated heterocycles. The van der Waals surface area contributed by atoms with Gasteiger partial charge >= 0.3 is 0 Å². The second-order valence-corrected chi connectivity index (χ2v) is 9.25. The Morgan fingerprint density at radius 2 is 1.69 bits per heavy atom. The van der Waals surface area contributed by atoms with Crippen LogP contribution >= 0.6 is 22.6 Å². The molecule has 0 bridgehead atoms. The van der Waals surface area contributed by atoms with Crippen molar-refractivity contribution in [2.75, 3.05) is 18.0 Å². The lowest BCUT2D eigenvalue weighted by Crippen LogP contribution is -2.32. The number of rotatable bonds is 9. The predicted molar refractivity (Wildman–Crippen MR) is 153 cm³/mol. The fourth-order valence-electron chi connectivity index (χ4n) is 3.56. The highest BCUT2D eigenvalue weighted by atomic mass is 127. The maximum atomic E-state index is 13.0. The van der Waals surface area contributed by atoms with Gasteiger partial charge in [-0.25, -0.2) is 5.43 Å². The highest BCUT2D eigenvalue weighted by Gasteiger charge is 2.15. The zero-order valence-electron chi connectivity index (χ0n) is 20.5. The van der Waals surface area contributed by atoms with Gasteiger partial charge in [-0.1, -0.05) is 30.3 Å². The molecule has 8 heteroatoms. The molecule has 3 rings (SSSR count). The molecule has 3 aromatic carbocycles. The molecule has 0 heterocycles. The third kappa shape index (κ3) is 7.17. The topological polar surface area (TPSA) is 94.0 Å².